The fourth-order valence-corrected chi connectivity index (χ4v) is 3.41. The van der Waals surface area contributed by atoms with Gasteiger partial charge in [0, 0.05) is 12.2 Å². The zero-order valence-corrected chi connectivity index (χ0v) is 18.5. The summed E-state index contributed by atoms with van der Waals surface area (Å²) < 4.78 is 13.1. The summed E-state index contributed by atoms with van der Waals surface area (Å²) in [5, 5.41) is 15.0. The van der Waals surface area contributed by atoms with Crippen LogP contribution in [-0.4, -0.2) is 36.6 Å². The lowest BCUT2D eigenvalue weighted by atomic mass is 10.1. The molecular weight excluding hydrogens is 421 g/mol. The molecule has 0 aliphatic heterocycles. The van der Waals surface area contributed by atoms with E-state index in [0.29, 0.717) is 6.54 Å². The topological polar surface area (TPSA) is 81.7 Å². The van der Waals surface area contributed by atoms with E-state index >= 15 is 0 Å². The van der Waals surface area contributed by atoms with Crippen LogP contribution in [-0.2, 0) is 16.0 Å². The lowest BCUT2D eigenvalue weighted by Gasteiger charge is -2.24. The lowest BCUT2D eigenvalue weighted by molar-refractivity contribution is -0.125. The number of rotatable bonds is 10. The molecule has 0 aliphatic carbocycles. The molecule has 172 valence electrons. The summed E-state index contributed by atoms with van der Waals surface area (Å²) in [4.78, 5) is 26.7. The molecule has 0 fully saturated rings. The number of amides is 2. The van der Waals surface area contributed by atoms with Crippen LogP contribution in [0.2, 0.25) is 0 Å². The summed E-state index contributed by atoms with van der Waals surface area (Å²) in [6, 6.07) is 22.2. The minimum absolute atomic E-state index is 0.0679. The fraction of sp³-hybridized carbons (Fsp3) is 0.231. The quantitative estimate of drug-likeness (QED) is 0.442. The maximum absolute atomic E-state index is 13.1. The van der Waals surface area contributed by atoms with E-state index in [-0.39, 0.29) is 42.5 Å². The van der Waals surface area contributed by atoms with Crippen LogP contribution in [0.3, 0.4) is 0 Å². The maximum Gasteiger partial charge on any atom is 0.239 e. The Morgan fingerprint density at radius 2 is 1.61 bits per heavy atom. The zero-order valence-electron chi connectivity index (χ0n) is 18.5. The molecule has 0 radical (unpaired) electrons. The predicted molar refractivity (Wildman–Crippen MR) is 126 cm³/mol. The van der Waals surface area contributed by atoms with Gasteiger partial charge in [-0.25, -0.2) is 4.39 Å². The Bertz CT molecular complexity index is 1040. The third-order valence-electron chi connectivity index (χ3n) is 5.26. The number of hydrogen-bond acceptors (Lipinski definition) is 4. The Morgan fingerprint density at radius 3 is 2.27 bits per heavy atom. The van der Waals surface area contributed by atoms with Crippen molar-refractivity contribution in [1.29, 1.82) is 0 Å². The fourth-order valence-electron chi connectivity index (χ4n) is 3.41. The molecule has 0 aliphatic rings. The lowest BCUT2D eigenvalue weighted by Crippen LogP contribution is -2.43. The van der Waals surface area contributed by atoms with Crippen molar-refractivity contribution in [1.82, 2.24) is 10.6 Å². The molecule has 0 aromatic heterocycles. The van der Waals surface area contributed by atoms with Crippen LogP contribution < -0.4 is 15.5 Å². The van der Waals surface area contributed by atoms with Crippen molar-refractivity contribution in [2.75, 3.05) is 24.5 Å². The molecule has 0 saturated carbocycles. The first-order valence-electron chi connectivity index (χ1n) is 10.8. The van der Waals surface area contributed by atoms with Crippen molar-refractivity contribution < 1.29 is 19.1 Å². The number of phenolic OH excluding ortho intramolecular Hbond substituents is 1. The molecule has 3 N–H and O–H groups in total. The Hall–Kier alpha value is -3.87. The number of hydrogen-bond donors (Lipinski definition) is 3. The Balaban J connectivity index is 1.54. The average Bonchev–Trinajstić information content (AvgIpc) is 2.82. The van der Waals surface area contributed by atoms with Crippen LogP contribution in [0, 0.1) is 5.82 Å². The van der Waals surface area contributed by atoms with Gasteiger partial charge in [-0.05, 0) is 60.9 Å². The van der Waals surface area contributed by atoms with E-state index in [9.17, 15) is 19.1 Å². The summed E-state index contributed by atoms with van der Waals surface area (Å²) in [5.41, 5.74) is 2.72. The first-order valence-corrected chi connectivity index (χ1v) is 10.8. The van der Waals surface area contributed by atoms with E-state index in [0.717, 1.165) is 23.2 Å². The van der Waals surface area contributed by atoms with Gasteiger partial charge >= 0.3 is 0 Å². The third kappa shape index (κ3) is 7.64. The molecule has 1 atom stereocenters. The summed E-state index contributed by atoms with van der Waals surface area (Å²) in [5.74, 6) is -0.811. The van der Waals surface area contributed by atoms with Crippen LogP contribution >= 0.6 is 0 Å². The molecule has 0 heterocycles. The molecule has 0 spiro atoms. The van der Waals surface area contributed by atoms with Gasteiger partial charge < -0.3 is 20.6 Å². The predicted octanol–water partition coefficient (Wildman–Crippen LogP) is 3.57. The number of aromatic hydroxyl groups is 1. The van der Waals surface area contributed by atoms with Gasteiger partial charge in [0.15, 0.2) is 0 Å². The van der Waals surface area contributed by atoms with Crippen LogP contribution in [0.25, 0.3) is 0 Å². The number of carbonyl (C=O) groups is 2. The number of halogens is 1. The first kappa shape index (κ1) is 23.8. The smallest absolute Gasteiger partial charge is 0.239 e. The highest BCUT2D eigenvalue weighted by Crippen LogP contribution is 2.19. The van der Waals surface area contributed by atoms with Crippen molar-refractivity contribution in [2.45, 2.75) is 19.4 Å². The first-order chi connectivity index (χ1) is 15.9. The molecule has 3 aromatic carbocycles. The van der Waals surface area contributed by atoms with Gasteiger partial charge in [0.2, 0.25) is 11.8 Å². The summed E-state index contributed by atoms with van der Waals surface area (Å²) >= 11 is 0. The van der Waals surface area contributed by atoms with Gasteiger partial charge in [-0.1, -0.05) is 42.5 Å². The van der Waals surface area contributed by atoms with Gasteiger partial charge in [0.25, 0.3) is 0 Å². The van der Waals surface area contributed by atoms with E-state index in [1.54, 1.807) is 43.3 Å². The Labute approximate surface area is 193 Å². The molecular formula is C26H28FN3O3. The highest BCUT2D eigenvalue weighted by Gasteiger charge is 2.15. The molecule has 3 aromatic rings. The van der Waals surface area contributed by atoms with Gasteiger partial charge in [0.05, 0.1) is 19.1 Å². The number of nitrogens with one attached hydrogen (secondary N) is 2. The van der Waals surface area contributed by atoms with E-state index in [4.69, 9.17) is 0 Å². The van der Waals surface area contributed by atoms with Gasteiger partial charge in [-0.3, -0.25) is 9.59 Å². The van der Waals surface area contributed by atoms with E-state index < -0.39 is 0 Å². The van der Waals surface area contributed by atoms with E-state index in [1.165, 1.54) is 12.1 Å². The van der Waals surface area contributed by atoms with Gasteiger partial charge in [-0.15, -0.1) is 0 Å². The van der Waals surface area contributed by atoms with Crippen molar-refractivity contribution in [2.24, 2.45) is 0 Å². The van der Waals surface area contributed by atoms with Crippen LogP contribution in [0.5, 0.6) is 5.75 Å². The van der Waals surface area contributed by atoms with Crippen LogP contribution in [0.15, 0.2) is 78.9 Å². The van der Waals surface area contributed by atoms with Gasteiger partial charge in [-0.2, -0.15) is 0 Å². The number of phenols is 1. The highest BCUT2D eigenvalue weighted by molar-refractivity contribution is 5.87. The van der Waals surface area contributed by atoms with Crippen molar-refractivity contribution in [3.63, 3.8) is 0 Å². The molecule has 2 amide bonds. The molecule has 0 bridgehead atoms. The largest absolute Gasteiger partial charge is 0.508 e. The summed E-state index contributed by atoms with van der Waals surface area (Å²) in [6.45, 7) is 2.30. The second-order valence-corrected chi connectivity index (χ2v) is 7.79. The average molecular weight is 450 g/mol. The number of anilines is 1. The minimum atomic E-state index is -0.338. The summed E-state index contributed by atoms with van der Waals surface area (Å²) in [7, 11) is 0. The Morgan fingerprint density at radius 1 is 0.939 bits per heavy atom. The molecule has 7 heteroatoms. The van der Waals surface area contributed by atoms with Crippen molar-refractivity contribution >= 4 is 17.5 Å². The van der Waals surface area contributed by atoms with Crippen molar-refractivity contribution in [3.8, 4) is 5.75 Å². The number of benzene rings is 3. The second-order valence-electron chi connectivity index (χ2n) is 7.79. The minimum Gasteiger partial charge on any atom is -0.508 e. The number of carbonyl (C=O) groups excluding carboxylic acids is 2. The molecule has 3 rings (SSSR count). The normalized spacial score (nSPS) is 11.5. The van der Waals surface area contributed by atoms with E-state index in [2.05, 4.69) is 10.6 Å². The van der Waals surface area contributed by atoms with Gasteiger partial charge in [0.1, 0.15) is 11.6 Å². The highest BCUT2D eigenvalue weighted by atomic mass is 19.1. The third-order valence-corrected chi connectivity index (χ3v) is 5.26. The molecule has 33 heavy (non-hydrogen) atoms. The zero-order chi connectivity index (χ0) is 23.6. The van der Waals surface area contributed by atoms with Crippen LogP contribution in [0.4, 0.5) is 10.1 Å². The monoisotopic (exact) mass is 449 g/mol. The number of nitrogens with zero attached hydrogens (tertiary/aromatic N) is 1. The van der Waals surface area contributed by atoms with Crippen molar-refractivity contribution in [3.05, 3.63) is 95.8 Å². The standard InChI is InChI=1S/C26H28FN3O3/c1-19(21-7-9-22(27)10-8-21)29-25(32)17-28-26(33)18-30(23-11-13-24(31)14-12-23)16-15-20-5-3-2-4-6-20/h2-14,19,31H,15-18H2,1H3,(H,28,33)(H,29,32)/t19-/m0/s1. The maximum atomic E-state index is 13.1. The molecule has 0 unspecified atom stereocenters. The Kier molecular flexibility index (Phi) is 8.41. The molecule has 0 saturated heterocycles. The summed E-state index contributed by atoms with van der Waals surface area (Å²) in [6.07, 6.45) is 0.741. The SMILES string of the molecule is C[C@H](NC(=O)CNC(=O)CN(CCc1ccccc1)c1ccc(O)cc1)c1ccc(F)cc1. The molecule has 6 nitrogen and oxygen atoms in total. The second kappa shape index (κ2) is 11.7. The van der Waals surface area contributed by atoms with Crippen LogP contribution in [0.1, 0.15) is 24.1 Å². The van der Waals surface area contributed by atoms with E-state index in [1.807, 2.05) is 35.2 Å².